The van der Waals surface area contributed by atoms with E-state index in [0.29, 0.717) is 0 Å². The van der Waals surface area contributed by atoms with Gasteiger partial charge in [-0.05, 0) is 24.3 Å². The number of benzene rings is 1. The van der Waals surface area contributed by atoms with Crippen LogP contribution in [0.2, 0.25) is 0 Å². The van der Waals surface area contributed by atoms with Gasteiger partial charge >= 0.3 is 5.95 Å². The van der Waals surface area contributed by atoms with Crippen molar-refractivity contribution in [2.45, 2.75) is 0 Å². The van der Waals surface area contributed by atoms with Gasteiger partial charge < -0.3 is 57.3 Å². The molecule has 0 N–H and O–H groups in total. The summed E-state index contributed by atoms with van der Waals surface area (Å²) in [6.07, 6.45) is 3.93. The highest BCUT2D eigenvalue weighted by Crippen LogP contribution is 2.23. The summed E-state index contributed by atoms with van der Waals surface area (Å²) in [5.41, 5.74) is 2.15. The number of aryl methyl sites for hydroxylation is 2. The lowest BCUT2D eigenvalue weighted by Crippen LogP contribution is -3.00. The Hall–Kier alpha value is -0.750. The van der Waals surface area contributed by atoms with E-state index in [1.54, 1.807) is 0 Å². The third kappa shape index (κ3) is 5.61. The molecular formula is C17H26I2N6. The maximum atomic E-state index is 4.34. The summed E-state index contributed by atoms with van der Waals surface area (Å²) in [6.45, 7) is 4.58. The van der Waals surface area contributed by atoms with Crippen LogP contribution in [0.25, 0.3) is 0 Å². The van der Waals surface area contributed by atoms with Crippen LogP contribution < -0.4 is 57.4 Å². The van der Waals surface area contributed by atoms with Crippen LogP contribution in [0, 0.1) is 0 Å². The van der Waals surface area contributed by atoms with Gasteiger partial charge in [0.05, 0.1) is 66.8 Å². The predicted molar refractivity (Wildman–Crippen MR) is 91.3 cm³/mol. The molecule has 0 radical (unpaired) electrons. The summed E-state index contributed by atoms with van der Waals surface area (Å²) in [7, 11) is 8.52. The van der Waals surface area contributed by atoms with E-state index in [-0.39, 0.29) is 48.0 Å². The zero-order valence-electron chi connectivity index (χ0n) is 15.2. The lowest BCUT2D eigenvalue weighted by molar-refractivity contribution is -0.890. The molecule has 0 bridgehead atoms. The van der Waals surface area contributed by atoms with Crippen molar-refractivity contribution in [2.75, 3.05) is 45.2 Å². The monoisotopic (exact) mass is 568 g/mol. The molecule has 138 valence electrons. The van der Waals surface area contributed by atoms with Crippen molar-refractivity contribution in [3.05, 3.63) is 36.7 Å². The van der Waals surface area contributed by atoms with E-state index in [1.807, 2.05) is 47.8 Å². The topological polar surface area (TPSA) is 36.8 Å². The highest BCUT2D eigenvalue weighted by Gasteiger charge is 2.24. The van der Waals surface area contributed by atoms with Gasteiger partial charge in [0.25, 0.3) is 0 Å². The Morgan fingerprint density at radius 1 is 1.00 bits per heavy atom. The minimum atomic E-state index is 0. The second kappa shape index (κ2) is 9.26. The summed E-state index contributed by atoms with van der Waals surface area (Å²) in [6, 6.07) is 8.36. The number of azo groups is 1. The molecular weight excluding hydrogens is 542 g/mol. The van der Waals surface area contributed by atoms with Crippen molar-refractivity contribution >= 4 is 17.3 Å². The highest BCUT2D eigenvalue weighted by molar-refractivity contribution is 5.52. The van der Waals surface area contributed by atoms with Gasteiger partial charge in [0.1, 0.15) is 5.69 Å². The molecule has 1 saturated heterocycles. The molecule has 3 rings (SSSR count). The van der Waals surface area contributed by atoms with Gasteiger partial charge in [0.15, 0.2) is 0 Å². The normalized spacial score (nSPS) is 16.4. The van der Waals surface area contributed by atoms with Gasteiger partial charge in [-0.3, -0.25) is 0 Å². The van der Waals surface area contributed by atoms with Crippen LogP contribution in [-0.2, 0) is 14.1 Å². The standard InChI is InChI=1S/C17H26N6.2HI/c1-20-9-10-21(2)17(20)19-18-15-5-7-16(8-6-15)22-11-13-23(3,4)14-12-22;;/h5-10H,11-14H2,1-4H3;2*1H/q+2;;/p-2. The van der Waals surface area contributed by atoms with Gasteiger partial charge in [0.2, 0.25) is 0 Å². The Bertz CT molecular complexity index is 679. The fourth-order valence-electron chi connectivity index (χ4n) is 2.82. The summed E-state index contributed by atoms with van der Waals surface area (Å²) >= 11 is 0. The first-order chi connectivity index (χ1) is 10.9. The molecule has 1 aliphatic heterocycles. The molecule has 1 aliphatic rings. The average molecular weight is 568 g/mol. The van der Waals surface area contributed by atoms with Crippen LogP contribution in [0.1, 0.15) is 0 Å². The van der Waals surface area contributed by atoms with Crippen molar-refractivity contribution < 1.29 is 57.0 Å². The van der Waals surface area contributed by atoms with Crippen molar-refractivity contribution in [3.63, 3.8) is 0 Å². The molecule has 0 atom stereocenters. The molecule has 0 aliphatic carbocycles. The third-order valence-corrected chi connectivity index (χ3v) is 4.57. The number of likely N-dealkylation sites (N-methyl/N-ethyl adjacent to an activating group) is 1. The SMILES string of the molecule is Cn1cc[n+](C)c1N=Nc1ccc(N2CC[N+](C)(C)CC2)cc1.[I-].[I-]. The molecule has 8 heteroatoms. The minimum Gasteiger partial charge on any atom is -1.00 e. The van der Waals surface area contributed by atoms with Gasteiger partial charge in [-0.25, -0.2) is 9.13 Å². The molecule has 1 aromatic carbocycles. The molecule has 0 unspecified atom stereocenters. The highest BCUT2D eigenvalue weighted by atomic mass is 127. The molecule has 0 saturated carbocycles. The lowest BCUT2D eigenvalue weighted by atomic mass is 10.2. The van der Waals surface area contributed by atoms with E-state index >= 15 is 0 Å². The van der Waals surface area contributed by atoms with Gasteiger partial charge in [-0.15, -0.1) is 0 Å². The van der Waals surface area contributed by atoms with Crippen LogP contribution in [-0.4, -0.2) is 49.3 Å². The fraction of sp³-hybridized carbons (Fsp3) is 0.471. The third-order valence-electron chi connectivity index (χ3n) is 4.57. The number of anilines is 1. The van der Waals surface area contributed by atoms with E-state index in [0.717, 1.165) is 29.2 Å². The average Bonchev–Trinajstić information content (AvgIpc) is 2.85. The fourth-order valence-corrected chi connectivity index (χ4v) is 2.82. The van der Waals surface area contributed by atoms with Gasteiger partial charge in [-0.2, -0.15) is 0 Å². The maximum absolute atomic E-state index is 4.34. The maximum Gasteiger partial charge on any atom is 0.421 e. The number of rotatable bonds is 3. The van der Waals surface area contributed by atoms with E-state index in [2.05, 4.69) is 41.4 Å². The van der Waals surface area contributed by atoms with E-state index < -0.39 is 0 Å². The zero-order chi connectivity index (χ0) is 16.4. The smallest absolute Gasteiger partial charge is 0.421 e. The number of quaternary nitrogens is 1. The largest absolute Gasteiger partial charge is 1.00 e. The number of aromatic nitrogens is 2. The summed E-state index contributed by atoms with van der Waals surface area (Å²) in [5.74, 6) is 0.824. The molecule has 25 heavy (non-hydrogen) atoms. The Labute approximate surface area is 184 Å². The van der Waals surface area contributed by atoms with Gasteiger partial charge in [0, 0.05) is 10.8 Å². The quantitative estimate of drug-likeness (QED) is 0.162. The number of halogens is 2. The van der Waals surface area contributed by atoms with E-state index in [4.69, 9.17) is 0 Å². The second-order valence-electron chi connectivity index (χ2n) is 6.91. The van der Waals surface area contributed by atoms with Crippen molar-refractivity contribution in [1.82, 2.24) is 4.57 Å². The Morgan fingerprint density at radius 2 is 1.60 bits per heavy atom. The van der Waals surface area contributed by atoms with E-state index in [9.17, 15) is 0 Å². The number of nitrogens with zero attached hydrogens (tertiary/aromatic N) is 6. The van der Waals surface area contributed by atoms with Crippen molar-refractivity contribution in [1.29, 1.82) is 0 Å². The molecule has 2 aromatic rings. The summed E-state index contributed by atoms with van der Waals surface area (Å²) < 4.78 is 5.01. The molecule has 1 aromatic heterocycles. The van der Waals surface area contributed by atoms with Crippen molar-refractivity contribution in [2.24, 2.45) is 24.3 Å². The van der Waals surface area contributed by atoms with Crippen LogP contribution in [0.5, 0.6) is 0 Å². The first kappa shape index (κ1) is 22.3. The van der Waals surface area contributed by atoms with Gasteiger partial charge in [-0.1, -0.05) is 5.11 Å². The van der Waals surface area contributed by atoms with Crippen LogP contribution in [0.4, 0.5) is 17.3 Å². The summed E-state index contributed by atoms with van der Waals surface area (Å²) in [5, 5.41) is 8.67. The Morgan fingerprint density at radius 3 is 2.12 bits per heavy atom. The van der Waals surface area contributed by atoms with Crippen molar-refractivity contribution in [3.8, 4) is 0 Å². The Kier molecular flexibility index (Phi) is 8.26. The lowest BCUT2D eigenvalue weighted by Gasteiger charge is -2.40. The molecule has 2 heterocycles. The zero-order valence-corrected chi connectivity index (χ0v) is 19.5. The molecule has 1 fully saturated rings. The van der Waals surface area contributed by atoms with Crippen LogP contribution >= 0.6 is 0 Å². The van der Waals surface area contributed by atoms with E-state index in [1.165, 1.54) is 18.8 Å². The number of piperazine rings is 1. The molecule has 0 amide bonds. The second-order valence-corrected chi connectivity index (χ2v) is 6.91. The molecule has 6 nitrogen and oxygen atoms in total. The number of hydrogen-bond donors (Lipinski definition) is 0. The Balaban J connectivity index is 0.00000156. The summed E-state index contributed by atoms with van der Waals surface area (Å²) in [4.78, 5) is 2.45. The predicted octanol–water partition coefficient (Wildman–Crippen LogP) is -3.83. The minimum absolute atomic E-state index is 0. The van der Waals surface area contributed by atoms with Crippen LogP contribution in [0.3, 0.4) is 0 Å². The number of hydrogen-bond acceptors (Lipinski definition) is 3. The first-order valence-corrected chi connectivity index (χ1v) is 8.04. The molecule has 0 spiro atoms. The number of imidazole rings is 1. The van der Waals surface area contributed by atoms with Crippen LogP contribution in [0.15, 0.2) is 46.9 Å². The first-order valence-electron chi connectivity index (χ1n) is 8.04.